The fourth-order valence-corrected chi connectivity index (χ4v) is 4.37. The molecule has 1 fully saturated rings. The Hall–Kier alpha value is -3.06. The molecular formula is C21H22N4O3. The highest BCUT2D eigenvalue weighted by atomic mass is 16.5. The maximum atomic E-state index is 13.7. The van der Waals surface area contributed by atoms with Gasteiger partial charge in [0.15, 0.2) is 11.5 Å². The molecule has 3 aromatic heterocycles. The van der Waals surface area contributed by atoms with E-state index in [1.807, 2.05) is 29.1 Å². The van der Waals surface area contributed by atoms with Gasteiger partial charge in [-0.3, -0.25) is 4.79 Å². The second-order valence-electron chi connectivity index (χ2n) is 7.17. The zero-order valence-corrected chi connectivity index (χ0v) is 15.9. The lowest BCUT2D eigenvalue weighted by Gasteiger charge is -2.27. The van der Waals surface area contributed by atoms with E-state index in [2.05, 4.69) is 15.3 Å². The van der Waals surface area contributed by atoms with Gasteiger partial charge in [-0.15, -0.1) is 0 Å². The first-order chi connectivity index (χ1) is 13.7. The van der Waals surface area contributed by atoms with Crippen molar-refractivity contribution in [1.82, 2.24) is 19.9 Å². The van der Waals surface area contributed by atoms with Crippen LogP contribution in [0, 0.1) is 0 Å². The largest absolute Gasteiger partial charge is 0.493 e. The van der Waals surface area contributed by atoms with Gasteiger partial charge in [-0.05, 0) is 44.1 Å². The van der Waals surface area contributed by atoms with Crippen LogP contribution in [0.1, 0.15) is 18.9 Å². The topological polar surface area (TPSA) is 81.2 Å². The number of pyridine rings is 2. The number of hydrogen-bond donors (Lipinski definition) is 2. The first kappa shape index (κ1) is 17.1. The molecule has 7 heteroatoms. The molecule has 0 atom stereocenters. The van der Waals surface area contributed by atoms with Gasteiger partial charge in [-0.2, -0.15) is 0 Å². The van der Waals surface area contributed by atoms with E-state index in [9.17, 15) is 4.79 Å². The number of hydrogen-bond acceptors (Lipinski definition) is 5. The highest BCUT2D eigenvalue weighted by Crippen LogP contribution is 2.37. The van der Waals surface area contributed by atoms with Gasteiger partial charge in [0.1, 0.15) is 5.65 Å². The smallest absolute Gasteiger partial charge is 0.259 e. The SMILES string of the molecule is COc1cc2c(=O)n(C3CCNCC3)c3c4cc[nH]c4ncc3c2cc1OC. The minimum atomic E-state index is 0.00375. The van der Waals surface area contributed by atoms with Crippen molar-refractivity contribution in [2.45, 2.75) is 18.9 Å². The van der Waals surface area contributed by atoms with Crippen LogP contribution in [0.2, 0.25) is 0 Å². The molecule has 0 amide bonds. The Morgan fingerprint density at radius 1 is 1.04 bits per heavy atom. The van der Waals surface area contributed by atoms with E-state index < -0.39 is 0 Å². The summed E-state index contributed by atoms with van der Waals surface area (Å²) in [5.74, 6) is 1.16. The Morgan fingerprint density at radius 3 is 2.46 bits per heavy atom. The molecule has 0 spiro atoms. The number of nitrogens with zero attached hydrogens (tertiary/aromatic N) is 2. The Bertz CT molecular complexity index is 1250. The first-order valence-corrected chi connectivity index (χ1v) is 9.49. The van der Waals surface area contributed by atoms with E-state index in [0.717, 1.165) is 53.3 Å². The lowest BCUT2D eigenvalue weighted by atomic mass is 10.0. The fraction of sp³-hybridized carbons (Fsp3) is 0.333. The molecule has 2 N–H and O–H groups in total. The normalized spacial score (nSPS) is 15.5. The quantitative estimate of drug-likeness (QED) is 0.536. The molecule has 1 saturated heterocycles. The second kappa shape index (κ2) is 6.53. The molecule has 28 heavy (non-hydrogen) atoms. The third-order valence-electron chi connectivity index (χ3n) is 5.74. The first-order valence-electron chi connectivity index (χ1n) is 9.49. The van der Waals surface area contributed by atoms with Gasteiger partial charge in [0.05, 0.1) is 25.1 Å². The molecule has 0 saturated carbocycles. The lowest BCUT2D eigenvalue weighted by molar-refractivity contribution is 0.355. The molecule has 1 aliphatic heterocycles. The van der Waals surface area contributed by atoms with Crippen LogP contribution in [0.25, 0.3) is 32.7 Å². The predicted molar refractivity (Wildman–Crippen MR) is 110 cm³/mol. The Kier molecular flexibility index (Phi) is 3.98. The van der Waals surface area contributed by atoms with E-state index in [1.165, 1.54) is 0 Å². The van der Waals surface area contributed by atoms with Crippen molar-refractivity contribution in [2.75, 3.05) is 27.3 Å². The average Bonchev–Trinajstić information content (AvgIpc) is 3.23. The van der Waals surface area contributed by atoms with Crippen LogP contribution in [0.5, 0.6) is 11.5 Å². The van der Waals surface area contributed by atoms with E-state index in [1.54, 1.807) is 20.3 Å². The molecular weight excluding hydrogens is 356 g/mol. The Morgan fingerprint density at radius 2 is 1.75 bits per heavy atom. The zero-order valence-electron chi connectivity index (χ0n) is 15.9. The van der Waals surface area contributed by atoms with E-state index in [0.29, 0.717) is 16.9 Å². The summed E-state index contributed by atoms with van der Waals surface area (Å²) in [5.41, 5.74) is 1.72. The summed E-state index contributed by atoms with van der Waals surface area (Å²) in [6, 6.07) is 5.81. The summed E-state index contributed by atoms with van der Waals surface area (Å²) >= 11 is 0. The van der Waals surface area contributed by atoms with Crippen LogP contribution in [-0.4, -0.2) is 41.8 Å². The lowest BCUT2D eigenvalue weighted by Crippen LogP contribution is -2.34. The molecule has 1 aromatic carbocycles. The number of fused-ring (bicyclic) bond motifs is 5. The van der Waals surface area contributed by atoms with Crippen molar-refractivity contribution in [1.29, 1.82) is 0 Å². The predicted octanol–water partition coefficient (Wildman–Crippen LogP) is 2.97. The standard InChI is InChI=1S/C21H22N4O3/c1-27-17-9-14-15(10-18(17)28-2)21(26)25(12-3-6-22-7-4-12)19-13-5-8-23-20(13)24-11-16(14)19/h5,8-12,22H,3-4,6-7H2,1-2H3,(H,23,24). The number of ether oxygens (including phenoxy) is 2. The number of benzene rings is 1. The number of aromatic amines is 1. The van der Waals surface area contributed by atoms with Gasteiger partial charge in [-0.1, -0.05) is 0 Å². The monoisotopic (exact) mass is 378 g/mol. The van der Waals surface area contributed by atoms with Crippen LogP contribution < -0.4 is 20.3 Å². The van der Waals surface area contributed by atoms with Crippen molar-refractivity contribution in [3.8, 4) is 11.5 Å². The third kappa shape index (κ3) is 2.39. The summed E-state index contributed by atoms with van der Waals surface area (Å²) < 4.78 is 12.9. The van der Waals surface area contributed by atoms with Crippen molar-refractivity contribution >= 4 is 32.7 Å². The van der Waals surface area contributed by atoms with Crippen LogP contribution in [0.4, 0.5) is 0 Å². The van der Waals surface area contributed by atoms with Gasteiger partial charge in [0.2, 0.25) is 0 Å². The minimum Gasteiger partial charge on any atom is -0.493 e. The number of piperidine rings is 1. The van der Waals surface area contributed by atoms with Gasteiger partial charge in [0, 0.05) is 34.6 Å². The van der Waals surface area contributed by atoms with Crippen LogP contribution in [-0.2, 0) is 0 Å². The fourth-order valence-electron chi connectivity index (χ4n) is 4.37. The van der Waals surface area contributed by atoms with Crippen LogP contribution in [0.3, 0.4) is 0 Å². The Balaban J connectivity index is 1.98. The Labute approximate surface area is 161 Å². The maximum Gasteiger partial charge on any atom is 0.259 e. The number of aromatic nitrogens is 3. The average molecular weight is 378 g/mol. The van der Waals surface area contributed by atoms with E-state index in [-0.39, 0.29) is 11.6 Å². The maximum absolute atomic E-state index is 13.7. The highest BCUT2D eigenvalue weighted by Gasteiger charge is 2.23. The minimum absolute atomic E-state index is 0.00375. The third-order valence-corrected chi connectivity index (χ3v) is 5.74. The summed E-state index contributed by atoms with van der Waals surface area (Å²) in [4.78, 5) is 21.4. The molecule has 0 aliphatic carbocycles. The molecule has 0 radical (unpaired) electrons. The molecule has 1 aliphatic rings. The molecule has 0 unspecified atom stereocenters. The number of nitrogens with one attached hydrogen (secondary N) is 2. The molecule has 4 aromatic rings. The summed E-state index contributed by atoms with van der Waals surface area (Å²) in [7, 11) is 3.19. The summed E-state index contributed by atoms with van der Waals surface area (Å²) in [6.45, 7) is 1.81. The molecule has 144 valence electrons. The van der Waals surface area contributed by atoms with Crippen molar-refractivity contribution in [2.24, 2.45) is 0 Å². The molecule has 0 bridgehead atoms. The number of methoxy groups -OCH3 is 2. The molecule has 5 rings (SSSR count). The number of rotatable bonds is 3. The van der Waals surface area contributed by atoms with Crippen molar-refractivity contribution < 1.29 is 9.47 Å². The van der Waals surface area contributed by atoms with Gasteiger partial charge in [0.25, 0.3) is 5.56 Å². The van der Waals surface area contributed by atoms with Gasteiger partial charge >= 0.3 is 0 Å². The van der Waals surface area contributed by atoms with Crippen LogP contribution in [0.15, 0.2) is 35.4 Å². The van der Waals surface area contributed by atoms with Crippen molar-refractivity contribution in [3.05, 3.63) is 40.9 Å². The molecule has 4 heterocycles. The summed E-state index contributed by atoms with van der Waals surface area (Å²) in [6.07, 6.45) is 5.55. The van der Waals surface area contributed by atoms with Crippen LogP contribution >= 0.6 is 0 Å². The summed E-state index contributed by atoms with van der Waals surface area (Å²) in [5, 5.41) is 6.75. The van der Waals surface area contributed by atoms with Crippen molar-refractivity contribution in [3.63, 3.8) is 0 Å². The highest BCUT2D eigenvalue weighted by molar-refractivity contribution is 6.14. The number of H-pyrrole nitrogens is 1. The zero-order chi connectivity index (χ0) is 19.3. The second-order valence-corrected chi connectivity index (χ2v) is 7.17. The van der Waals surface area contributed by atoms with E-state index >= 15 is 0 Å². The molecule has 7 nitrogen and oxygen atoms in total. The van der Waals surface area contributed by atoms with E-state index in [4.69, 9.17) is 9.47 Å². The van der Waals surface area contributed by atoms with Gasteiger partial charge in [-0.25, -0.2) is 4.98 Å². The van der Waals surface area contributed by atoms with Gasteiger partial charge < -0.3 is 24.3 Å².